The molecule has 1 heterocycles. The van der Waals surface area contributed by atoms with Gasteiger partial charge >= 0.3 is 0 Å². The fraction of sp³-hybridized carbons (Fsp3) is 0.864. The first-order valence-electron chi connectivity index (χ1n) is 10.9. The van der Waals surface area contributed by atoms with Crippen LogP contribution in [-0.2, 0) is 0 Å². The van der Waals surface area contributed by atoms with Crippen LogP contribution in [-0.4, -0.2) is 4.98 Å². The first-order valence-corrected chi connectivity index (χ1v) is 10.9. The van der Waals surface area contributed by atoms with Crippen molar-refractivity contribution in [3.8, 4) is 0 Å². The zero-order chi connectivity index (χ0) is 17.3. The maximum absolute atomic E-state index is 3.18. The molecule has 1 rings (SSSR count). The van der Waals surface area contributed by atoms with Crippen LogP contribution < -0.4 is 17.0 Å². The molecule has 1 unspecified atom stereocenters. The second-order valence-corrected chi connectivity index (χ2v) is 7.53. The lowest BCUT2D eigenvalue weighted by Gasteiger charge is -2.12. The molecule has 1 aromatic heterocycles. The summed E-state index contributed by atoms with van der Waals surface area (Å²) in [4.78, 5) is 3.18. The van der Waals surface area contributed by atoms with Crippen LogP contribution in [0.15, 0.2) is 18.7 Å². The predicted octanol–water partition coefficient (Wildman–Crippen LogP) is 4.13. The standard InChI is InChI=1S/C22H42N2.ClH/c1-3-5-6-7-8-9-10-11-12-13-14-15-16-18-22(17-4-2)24-20-19-23-21-24;/h19-22H,3-18H2,1-2H3;1H. The number of aromatic amines is 1. The van der Waals surface area contributed by atoms with Gasteiger partial charge in [-0.25, -0.2) is 4.57 Å². The number of rotatable bonds is 17. The van der Waals surface area contributed by atoms with E-state index in [1.165, 1.54) is 103 Å². The Morgan fingerprint density at radius 1 is 0.680 bits per heavy atom. The van der Waals surface area contributed by atoms with Gasteiger partial charge in [0.1, 0.15) is 18.4 Å². The SMILES string of the molecule is CCCCCCCCCCCCCCCC(CCC)[n+]1cc[nH]c1.[Cl-]. The summed E-state index contributed by atoms with van der Waals surface area (Å²) in [6.45, 7) is 4.59. The molecule has 0 spiro atoms. The maximum atomic E-state index is 3.18. The molecule has 1 aromatic rings. The Labute approximate surface area is 163 Å². The van der Waals surface area contributed by atoms with E-state index in [1.807, 2.05) is 6.20 Å². The molecule has 0 aromatic carbocycles. The van der Waals surface area contributed by atoms with Crippen molar-refractivity contribution in [2.45, 2.75) is 123 Å². The van der Waals surface area contributed by atoms with E-state index in [-0.39, 0.29) is 12.4 Å². The molecule has 0 aliphatic rings. The highest BCUT2D eigenvalue weighted by molar-refractivity contribution is 4.61. The Hall–Kier alpha value is -0.500. The zero-order valence-electron chi connectivity index (χ0n) is 16.9. The van der Waals surface area contributed by atoms with Gasteiger partial charge in [0.2, 0.25) is 6.33 Å². The number of H-pyrrole nitrogens is 1. The number of hydrogen-bond donors (Lipinski definition) is 1. The number of halogens is 1. The first-order chi connectivity index (χ1) is 11.9. The Balaban J connectivity index is 0.00000576. The van der Waals surface area contributed by atoms with Crippen LogP contribution in [0.1, 0.15) is 123 Å². The summed E-state index contributed by atoms with van der Waals surface area (Å²) in [5, 5.41) is 0. The molecule has 2 nitrogen and oxygen atoms in total. The topological polar surface area (TPSA) is 19.7 Å². The fourth-order valence-corrected chi connectivity index (χ4v) is 3.70. The van der Waals surface area contributed by atoms with Crippen molar-refractivity contribution in [3.63, 3.8) is 0 Å². The van der Waals surface area contributed by atoms with Gasteiger partial charge < -0.3 is 12.4 Å². The van der Waals surface area contributed by atoms with Crippen molar-refractivity contribution in [3.05, 3.63) is 18.7 Å². The molecule has 3 heteroatoms. The van der Waals surface area contributed by atoms with Crippen molar-refractivity contribution in [2.24, 2.45) is 0 Å². The highest BCUT2D eigenvalue weighted by atomic mass is 35.5. The zero-order valence-corrected chi connectivity index (χ0v) is 17.7. The van der Waals surface area contributed by atoms with Gasteiger partial charge in [0.05, 0.1) is 0 Å². The van der Waals surface area contributed by atoms with Gasteiger partial charge in [0, 0.05) is 0 Å². The van der Waals surface area contributed by atoms with Gasteiger partial charge in [0.15, 0.2) is 0 Å². The Morgan fingerprint density at radius 2 is 1.20 bits per heavy atom. The summed E-state index contributed by atoms with van der Waals surface area (Å²) in [7, 11) is 0. The summed E-state index contributed by atoms with van der Waals surface area (Å²) in [5.74, 6) is 0. The van der Waals surface area contributed by atoms with Crippen molar-refractivity contribution in [1.29, 1.82) is 0 Å². The monoisotopic (exact) mass is 370 g/mol. The third-order valence-corrected chi connectivity index (χ3v) is 5.25. The minimum atomic E-state index is 0. The average Bonchev–Trinajstić information content (AvgIpc) is 3.12. The van der Waals surface area contributed by atoms with E-state index in [2.05, 4.69) is 35.9 Å². The number of nitrogens with zero attached hydrogens (tertiary/aromatic N) is 1. The van der Waals surface area contributed by atoms with Crippen molar-refractivity contribution in [2.75, 3.05) is 0 Å². The molecule has 0 radical (unpaired) electrons. The molecule has 0 amide bonds. The Morgan fingerprint density at radius 3 is 1.64 bits per heavy atom. The molecule has 0 aliphatic heterocycles. The molecule has 0 aliphatic carbocycles. The number of unbranched alkanes of at least 4 members (excludes halogenated alkanes) is 12. The molecular formula is C22H43ClN2. The second-order valence-electron chi connectivity index (χ2n) is 7.53. The van der Waals surface area contributed by atoms with Gasteiger partial charge in [-0.1, -0.05) is 97.3 Å². The van der Waals surface area contributed by atoms with Crippen LogP contribution in [0.3, 0.4) is 0 Å². The van der Waals surface area contributed by atoms with Crippen LogP contribution in [0.2, 0.25) is 0 Å². The lowest BCUT2D eigenvalue weighted by Crippen LogP contribution is -3.00. The summed E-state index contributed by atoms with van der Waals surface area (Å²) >= 11 is 0. The molecule has 0 saturated heterocycles. The Bertz CT molecular complexity index is 351. The van der Waals surface area contributed by atoms with Crippen LogP contribution in [0, 0.1) is 0 Å². The third kappa shape index (κ3) is 13.4. The molecule has 0 bridgehead atoms. The van der Waals surface area contributed by atoms with E-state index < -0.39 is 0 Å². The number of imidazole rings is 1. The lowest BCUT2D eigenvalue weighted by atomic mass is 10.0. The highest BCUT2D eigenvalue weighted by Crippen LogP contribution is 2.17. The summed E-state index contributed by atoms with van der Waals surface area (Å²) in [6, 6.07) is 0.703. The molecule has 1 N–H and O–H groups in total. The van der Waals surface area contributed by atoms with Gasteiger partial charge in [-0.3, -0.25) is 4.98 Å². The van der Waals surface area contributed by atoms with Crippen molar-refractivity contribution in [1.82, 2.24) is 4.98 Å². The van der Waals surface area contributed by atoms with Crippen LogP contribution >= 0.6 is 0 Å². The highest BCUT2D eigenvalue weighted by Gasteiger charge is 2.13. The van der Waals surface area contributed by atoms with Gasteiger partial charge in [-0.15, -0.1) is 0 Å². The summed E-state index contributed by atoms with van der Waals surface area (Å²) in [5.41, 5.74) is 0. The number of nitrogens with one attached hydrogen (secondary N) is 1. The largest absolute Gasteiger partial charge is 1.00 e. The maximum Gasteiger partial charge on any atom is 0.241 e. The van der Waals surface area contributed by atoms with E-state index in [1.54, 1.807) is 0 Å². The van der Waals surface area contributed by atoms with E-state index in [0.29, 0.717) is 6.04 Å². The van der Waals surface area contributed by atoms with E-state index >= 15 is 0 Å². The molecular weight excluding hydrogens is 328 g/mol. The van der Waals surface area contributed by atoms with Crippen molar-refractivity contribution < 1.29 is 17.0 Å². The average molecular weight is 371 g/mol. The quantitative estimate of drug-likeness (QED) is 0.314. The third-order valence-electron chi connectivity index (χ3n) is 5.25. The smallest absolute Gasteiger partial charge is 0.241 e. The van der Waals surface area contributed by atoms with Gasteiger partial charge in [-0.2, -0.15) is 0 Å². The van der Waals surface area contributed by atoms with Crippen LogP contribution in [0.5, 0.6) is 0 Å². The van der Waals surface area contributed by atoms with Crippen LogP contribution in [0.4, 0.5) is 0 Å². The molecule has 25 heavy (non-hydrogen) atoms. The minimum absolute atomic E-state index is 0. The van der Waals surface area contributed by atoms with E-state index in [9.17, 15) is 0 Å². The molecule has 0 saturated carbocycles. The first kappa shape index (κ1) is 24.5. The number of hydrogen-bond acceptors (Lipinski definition) is 0. The normalized spacial score (nSPS) is 12.1. The second kappa shape index (κ2) is 18.3. The summed E-state index contributed by atoms with van der Waals surface area (Å²) in [6.07, 6.45) is 29.0. The molecule has 1 atom stereocenters. The number of aromatic nitrogens is 2. The fourth-order valence-electron chi connectivity index (χ4n) is 3.70. The van der Waals surface area contributed by atoms with Gasteiger partial charge in [0.25, 0.3) is 0 Å². The minimum Gasteiger partial charge on any atom is -1.00 e. The predicted molar refractivity (Wildman–Crippen MR) is 105 cm³/mol. The van der Waals surface area contributed by atoms with E-state index in [0.717, 1.165) is 0 Å². The van der Waals surface area contributed by atoms with E-state index in [4.69, 9.17) is 0 Å². The van der Waals surface area contributed by atoms with Gasteiger partial charge in [-0.05, 0) is 19.3 Å². The van der Waals surface area contributed by atoms with Crippen LogP contribution in [0.25, 0.3) is 0 Å². The molecule has 0 fully saturated rings. The lowest BCUT2D eigenvalue weighted by molar-refractivity contribution is -0.723. The summed E-state index contributed by atoms with van der Waals surface area (Å²) < 4.78 is 2.37. The molecule has 148 valence electrons. The Kier molecular flexibility index (Phi) is 17.9. The van der Waals surface area contributed by atoms with Crippen molar-refractivity contribution >= 4 is 0 Å².